The topological polar surface area (TPSA) is 78.9 Å². The SMILES string of the molecule is CC\C=C/C=C\C=C/C=C\C=C\C=C/CCCCCC(=O)OC(COC(=O)CC/C=C\C/C=C\C/C=C\C/C=C\C/C=C\C/C=C\CC)COC(=O)CCCCCCCCCCCCCCCCC. The monoisotopic (exact) mass is 951 g/mol. The summed E-state index contributed by atoms with van der Waals surface area (Å²) in [5.41, 5.74) is 0. The molecule has 1 unspecified atom stereocenters. The van der Waals surface area contributed by atoms with Gasteiger partial charge in [-0.15, -0.1) is 0 Å². The molecule has 0 spiro atoms. The lowest BCUT2D eigenvalue weighted by Gasteiger charge is -2.18. The zero-order valence-corrected chi connectivity index (χ0v) is 44.0. The van der Waals surface area contributed by atoms with E-state index >= 15 is 0 Å². The molecule has 6 nitrogen and oxygen atoms in total. The molecule has 0 bridgehead atoms. The maximum absolute atomic E-state index is 12.8. The second-order valence-electron chi connectivity index (χ2n) is 17.5. The van der Waals surface area contributed by atoms with E-state index in [0.717, 1.165) is 83.5 Å². The number of esters is 3. The van der Waals surface area contributed by atoms with Crippen LogP contribution in [0, 0.1) is 0 Å². The van der Waals surface area contributed by atoms with E-state index in [4.69, 9.17) is 14.2 Å². The number of hydrogen-bond acceptors (Lipinski definition) is 6. The molecule has 0 N–H and O–H groups in total. The lowest BCUT2D eigenvalue weighted by molar-refractivity contribution is -0.166. The van der Waals surface area contributed by atoms with Gasteiger partial charge in [-0.05, 0) is 77.0 Å². The highest BCUT2D eigenvalue weighted by atomic mass is 16.6. The first-order valence-electron chi connectivity index (χ1n) is 27.4. The number of unbranched alkanes of at least 4 members (excludes halogenated alkanes) is 17. The van der Waals surface area contributed by atoms with Gasteiger partial charge in [0.1, 0.15) is 13.2 Å². The summed E-state index contributed by atoms with van der Waals surface area (Å²) in [4.78, 5) is 38.1. The minimum atomic E-state index is -0.837. The number of rotatable bonds is 47. The van der Waals surface area contributed by atoms with E-state index in [2.05, 4.69) is 93.7 Å². The van der Waals surface area contributed by atoms with Crippen LogP contribution in [0.4, 0.5) is 0 Å². The third kappa shape index (κ3) is 54.1. The fraction of sp³-hybridized carbons (Fsp3) is 0.571. The van der Waals surface area contributed by atoms with Gasteiger partial charge in [0, 0.05) is 19.3 Å². The Labute approximate surface area is 423 Å². The summed E-state index contributed by atoms with van der Waals surface area (Å²) in [5, 5.41) is 0. The summed E-state index contributed by atoms with van der Waals surface area (Å²) in [7, 11) is 0. The van der Waals surface area contributed by atoms with Gasteiger partial charge in [0.25, 0.3) is 0 Å². The van der Waals surface area contributed by atoms with Crippen molar-refractivity contribution in [3.63, 3.8) is 0 Å². The van der Waals surface area contributed by atoms with Gasteiger partial charge in [0.2, 0.25) is 0 Å². The highest BCUT2D eigenvalue weighted by Gasteiger charge is 2.19. The predicted octanol–water partition coefficient (Wildman–Crippen LogP) is 18.4. The first-order chi connectivity index (χ1) is 34.0. The number of carbonyl (C=O) groups excluding carboxylic acids is 3. The zero-order valence-electron chi connectivity index (χ0n) is 44.0. The van der Waals surface area contributed by atoms with E-state index in [1.54, 1.807) is 0 Å². The second-order valence-corrected chi connectivity index (χ2v) is 17.5. The van der Waals surface area contributed by atoms with Crippen molar-refractivity contribution < 1.29 is 28.6 Å². The number of allylic oxidation sites excluding steroid dienone is 24. The largest absolute Gasteiger partial charge is 0.462 e. The summed E-state index contributed by atoms with van der Waals surface area (Å²) in [6.07, 6.45) is 79.8. The Morgan fingerprint density at radius 3 is 1.12 bits per heavy atom. The van der Waals surface area contributed by atoms with E-state index < -0.39 is 6.10 Å². The molecule has 0 aliphatic rings. The van der Waals surface area contributed by atoms with Gasteiger partial charge in [-0.25, -0.2) is 0 Å². The maximum atomic E-state index is 12.8. The molecule has 0 rings (SSSR count). The molecule has 0 aliphatic carbocycles. The lowest BCUT2D eigenvalue weighted by atomic mass is 10.0. The van der Waals surface area contributed by atoms with Crippen LogP contribution < -0.4 is 0 Å². The van der Waals surface area contributed by atoms with Crippen LogP contribution in [0.2, 0.25) is 0 Å². The van der Waals surface area contributed by atoms with Gasteiger partial charge < -0.3 is 14.2 Å². The van der Waals surface area contributed by atoms with Crippen molar-refractivity contribution in [3.05, 3.63) is 146 Å². The maximum Gasteiger partial charge on any atom is 0.306 e. The van der Waals surface area contributed by atoms with Crippen LogP contribution >= 0.6 is 0 Å². The molecule has 0 saturated carbocycles. The predicted molar refractivity (Wildman–Crippen MR) is 297 cm³/mol. The smallest absolute Gasteiger partial charge is 0.306 e. The summed E-state index contributed by atoms with van der Waals surface area (Å²) in [6, 6.07) is 0. The average Bonchev–Trinajstić information content (AvgIpc) is 3.35. The van der Waals surface area contributed by atoms with Crippen LogP contribution in [0.25, 0.3) is 0 Å². The van der Waals surface area contributed by atoms with Gasteiger partial charge in [-0.2, -0.15) is 0 Å². The van der Waals surface area contributed by atoms with Crippen molar-refractivity contribution >= 4 is 17.9 Å². The number of ether oxygens (including phenoxy) is 3. The molecule has 0 aromatic carbocycles. The fourth-order valence-electron chi connectivity index (χ4n) is 6.97. The van der Waals surface area contributed by atoms with E-state index in [9.17, 15) is 14.4 Å². The van der Waals surface area contributed by atoms with Crippen molar-refractivity contribution in [1.29, 1.82) is 0 Å². The minimum absolute atomic E-state index is 0.124. The van der Waals surface area contributed by atoms with E-state index in [1.165, 1.54) is 77.0 Å². The quantitative estimate of drug-likeness (QED) is 0.0199. The van der Waals surface area contributed by atoms with E-state index in [0.29, 0.717) is 19.3 Å². The summed E-state index contributed by atoms with van der Waals surface area (Å²) >= 11 is 0. The third-order valence-electron chi connectivity index (χ3n) is 11.0. The molecule has 0 radical (unpaired) electrons. The standard InChI is InChI=1S/C63H98O6/c1-4-7-10-13-16-19-22-25-28-30-31-33-35-38-41-44-47-50-53-56-62(65)68-59-60(58-67-61(64)55-52-49-46-43-40-37-34-27-24-21-18-15-12-9-6-3)69-63(66)57-54-51-48-45-42-39-36-32-29-26-23-20-17-14-11-8-5-2/h7-8,10-11,14,16-17,19-20,23,25-26,28-29,31-33,36,38-39,41-42,47,50,60H,4-6,9,12-13,15,18,21-22,24,27,30,34-35,37,40,43-46,48-49,51-59H2,1-3H3/b10-7-,11-8-,17-14-,19-16-,23-20-,28-25-,29-26-,33-31-,36-32+,41-38-,42-39-,50-47-. The molecular weight excluding hydrogens is 853 g/mol. The summed E-state index contributed by atoms with van der Waals surface area (Å²) in [5.74, 6) is -1.06. The van der Waals surface area contributed by atoms with E-state index in [1.807, 2.05) is 72.9 Å². The molecular formula is C63H98O6. The van der Waals surface area contributed by atoms with Gasteiger partial charge in [0.05, 0.1) is 0 Å². The van der Waals surface area contributed by atoms with Crippen molar-refractivity contribution in [3.8, 4) is 0 Å². The van der Waals surface area contributed by atoms with E-state index in [-0.39, 0.29) is 44.0 Å². The molecule has 0 aliphatic heterocycles. The van der Waals surface area contributed by atoms with Crippen LogP contribution in [-0.4, -0.2) is 37.2 Å². The Bertz CT molecular complexity index is 1560. The highest BCUT2D eigenvalue weighted by Crippen LogP contribution is 2.15. The van der Waals surface area contributed by atoms with Crippen LogP contribution in [0.5, 0.6) is 0 Å². The number of hydrogen-bond donors (Lipinski definition) is 0. The van der Waals surface area contributed by atoms with Crippen LogP contribution in [0.1, 0.15) is 213 Å². The normalized spacial score (nSPS) is 13.3. The zero-order chi connectivity index (χ0) is 50.0. The molecule has 6 heteroatoms. The average molecular weight is 951 g/mol. The summed E-state index contributed by atoms with van der Waals surface area (Å²) < 4.78 is 16.7. The molecule has 386 valence electrons. The fourth-order valence-corrected chi connectivity index (χ4v) is 6.97. The molecule has 0 amide bonds. The highest BCUT2D eigenvalue weighted by molar-refractivity contribution is 5.71. The first-order valence-corrected chi connectivity index (χ1v) is 27.4. The van der Waals surface area contributed by atoms with Crippen molar-refractivity contribution in [1.82, 2.24) is 0 Å². The van der Waals surface area contributed by atoms with Crippen molar-refractivity contribution in [2.75, 3.05) is 13.2 Å². The third-order valence-corrected chi connectivity index (χ3v) is 11.0. The van der Waals surface area contributed by atoms with Crippen LogP contribution in [0.15, 0.2) is 146 Å². The summed E-state index contributed by atoms with van der Waals surface area (Å²) in [6.45, 7) is 6.27. The van der Waals surface area contributed by atoms with Crippen LogP contribution in [0.3, 0.4) is 0 Å². The van der Waals surface area contributed by atoms with Gasteiger partial charge in [0.15, 0.2) is 6.10 Å². The lowest BCUT2D eigenvalue weighted by Crippen LogP contribution is -2.30. The Morgan fingerprint density at radius 2 is 0.667 bits per heavy atom. The molecule has 0 saturated heterocycles. The Hall–Kier alpha value is -4.71. The number of carbonyl (C=O) groups is 3. The molecule has 0 aromatic rings. The second kappa shape index (κ2) is 55.9. The van der Waals surface area contributed by atoms with Gasteiger partial charge in [-0.1, -0.05) is 263 Å². The Kier molecular flexibility index (Phi) is 52.1. The molecule has 1 atom stereocenters. The minimum Gasteiger partial charge on any atom is -0.462 e. The Morgan fingerprint density at radius 1 is 0.319 bits per heavy atom. The molecule has 69 heavy (non-hydrogen) atoms. The van der Waals surface area contributed by atoms with Crippen LogP contribution in [-0.2, 0) is 28.6 Å². The Balaban J connectivity index is 4.61. The van der Waals surface area contributed by atoms with Gasteiger partial charge in [-0.3, -0.25) is 14.4 Å². The molecule has 0 fully saturated rings. The van der Waals surface area contributed by atoms with Crippen molar-refractivity contribution in [2.45, 2.75) is 219 Å². The van der Waals surface area contributed by atoms with Gasteiger partial charge >= 0.3 is 17.9 Å². The van der Waals surface area contributed by atoms with Crippen molar-refractivity contribution in [2.24, 2.45) is 0 Å². The first kappa shape index (κ1) is 64.3. The molecule has 0 heterocycles. The molecule has 0 aromatic heterocycles.